The van der Waals surface area contributed by atoms with Crippen LogP contribution in [0.15, 0.2) is 103 Å². The second-order valence-electron chi connectivity index (χ2n) is 12.9. The van der Waals surface area contributed by atoms with Crippen molar-refractivity contribution in [2.45, 2.75) is 79.1 Å². The molecule has 1 heterocycles. The van der Waals surface area contributed by atoms with Gasteiger partial charge >= 0.3 is 0 Å². The molecule has 0 bridgehead atoms. The first-order chi connectivity index (χ1) is 20.6. The fraction of sp³-hybridized carbons (Fsp3) is 0.308. The van der Waals surface area contributed by atoms with Gasteiger partial charge in [0.25, 0.3) is 6.33 Å². The highest BCUT2D eigenvalue weighted by molar-refractivity contribution is 7.40. The van der Waals surface area contributed by atoms with Crippen molar-refractivity contribution in [1.82, 2.24) is 4.57 Å². The highest BCUT2D eigenvalue weighted by atomic mass is 35.6. The molecule has 2 nitrogen and oxygen atoms in total. The molecule has 0 radical (unpaired) electrons. The molecule has 5 aromatic rings. The quantitative estimate of drug-likeness (QED) is 0.0693. The topological polar surface area (TPSA) is 8.81 Å². The Morgan fingerprint density at radius 3 is 1.35 bits per heavy atom. The van der Waals surface area contributed by atoms with Gasteiger partial charge in [-0.3, -0.25) is 9.13 Å². The number of imidazole rings is 1. The maximum atomic E-state index is 8.22. The largest absolute Gasteiger partial charge is 0.298 e. The van der Waals surface area contributed by atoms with Gasteiger partial charge in [0.05, 0.1) is 16.7 Å². The standard InChI is InChI=1S/C39H45ClN2Si/c1-27(2)33-21-15-22-34(28(3)4)38(33)41-25-37(42(26-41)39-35(29(5)6)23-16-24-36(39)30(7)8)43(40,31-17-11-9-12-18-31)32-19-13-10-14-20-32/h9-25,27-30H,1-8H3. The normalized spacial score (nSPS) is 12.2. The van der Waals surface area contributed by atoms with Gasteiger partial charge in [0.15, 0.2) is 0 Å². The summed E-state index contributed by atoms with van der Waals surface area (Å²) in [5.41, 5.74) is 7.68. The molecule has 1 aromatic heterocycles. The van der Waals surface area contributed by atoms with Crippen LogP contribution in [-0.2, 0) is 0 Å². The predicted octanol–water partition coefficient (Wildman–Crippen LogP) is 8.25. The van der Waals surface area contributed by atoms with E-state index in [1.165, 1.54) is 33.6 Å². The number of para-hydroxylation sites is 2. The summed E-state index contributed by atoms with van der Waals surface area (Å²) in [5, 5.41) is 3.43. The van der Waals surface area contributed by atoms with E-state index in [1.807, 2.05) is 0 Å². The third-order valence-electron chi connectivity index (χ3n) is 8.55. The molecule has 5 rings (SSSR count). The van der Waals surface area contributed by atoms with Crippen molar-refractivity contribution in [3.05, 3.63) is 132 Å². The Morgan fingerprint density at radius 1 is 0.558 bits per heavy atom. The number of hydrogen-bond acceptors (Lipinski definition) is 0. The molecule has 0 unspecified atom stereocenters. The van der Waals surface area contributed by atoms with Crippen LogP contribution in [0.5, 0.6) is 0 Å². The van der Waals surface area contributed by atoms with Crippen LogP contribution in [0.25, 0.3) is 11.4 Å². The molecule has 0 N–H and O–H groups in total. The Morgan fingerprint density at radius 2 is 0.953 bits per heavy atom. The van der Waals surface area contributed by atoms with Gasteiger partial charge in [-0.1, -0.05) is 152 Å². The third-order valence-corrected chi connectivity index (χ3v) is 13.8. The van der Waals surface area contributed by atoms with Crippen LogP contribution >= 0.6 is 11.1 Å². The average Bonchev–Trinajstić information content (AvgIpc) is 3.46. The molecule has 4 heteroatoms. The van der Waals surface area contributed by atoms with E-state index in [0.29, 0.717) is 23.7 Å². The number of hydrogen-bond donors (Lipinski definition) is 0. The molecule has 0 spiro atoms. The van der Waals surface area contributed by atoms with E-state index < -0.39 is 7.38 Å². The fourth-order valence-corrected chi connectivity index (χ4v) is 10.4. The third kappa shape index (κ3) is 5.78. The van der Waals surface area contributed by atoms with Crippen LogP contribution in [0, 0.1) is 6.33 Å². The second kappa shape index (κ2) is 12.7. The number of nitrogens with zero attached hydrogens (tertiary/aromatic N) is 2. The SMILES string of the molecule is CC(C)c1cccc(C(C)C)c1-n1[c-][n+](-c2c(C(C)C)cccc2C(C)C)c([Si](Cl)(c2ccccc2)c2ccccc2)c1. The van der Waals surface area contributed by atoms with E-state index in [-0.39, 0.29) is 0 Å². The zero-order valence-corrected chi connectivity index (χ0v) is 28.7. The number of aromatic nitrogens is 2. The minimum absolute atomic E-state index is 0.333. The van der Waals surface area contributed by atoms with Crippen molar-refractivity contribution in [3.8, 4) is 11.4 Å². The van der Waals surface area contributed by atoms with E-state index in [2.05, 4.69) is 174 Å². The van der Waals surface area contributed by atoms with Gasteiger partial charge < -0.3 is 0 Å². The van der Waals surface area contributed by atoms with E-state index in [9.17, 15) is 0 Å². The smallest absolute Gasteiger partial charge is 0.268 e. The van der Waals surface area contributed by atoms with Crippen LogP contribution < -0.4 is 20.3 Å². The maximum absolute atomic E-state index is 8.22. The molecule has 222 valence electrons. The van der Waals surface area contributed by atoms with Gasteiger partial charge in [-0.05, 0) is 56.3 Å². The summed E-state index contributed by atoms with van der Waals surface area (Å²) in [6, 6.07) is 34.9. The van der Waals surface area contributed by atoms with Gasteiger partial charge in [0.1, 0.15) is 0 Å². The van der Waals surface area contributed by atoms with E-state index in [0.717, 1.165) is 15.7 Å². The summed E-state index contributed by atoms with van der Waals surface area (Å²) in [6.07, 6.45) is 6.22. The van der Waals surface area contributed by atoms with Crippen molar-refractivity contribution in [2.24, 2.45) is 0 Å². The van der Waals surface area contributed by atoms with Gasteiger partial charge in [-0.15, -0.1) is 0 Å². The molecule has 0 aliphatic heterocycles. The predicted molar refractivity (Wildman–Crippen MR) is 186 cm³/mol. The van der Waals surface area contributed by atoms with Crippen molar-refractivity contribution >= 4 is 34.2 Å². The highest BCUT2D eigenvalue weighted by Gasteiger charge is 2.42. The first kappa shape index (κ1) is 31.0. The number of benzene rings is 4. The summed E-state index contributed by atoms with van der Waals surface area (Å²) < 4.78 is 4.60. The summed E-state index contributed by atoms with van der Waals surface area (Å²) in [6.45, 7) is 18.2. The van der Waals surface area contributed by atoms with Crippen molar-refractivity contribution in [3.63, 3.8) is 0 Å². The van der Waals surface area contributed by atoms with Gasteiger partial charge in [0, 0.05) is 6.20 Å². The van der Waals surface area contributed by atoms with Crippen LogP contribution in [0.2, 0.25) is 0 Å². The lowest BCUT2D eigenvalue weighted by atomic mass is 9.92. The van der Waals surface area contributed by atoms with Crippen molar-refractivity contribution in [2.75, 3.05) is 0 Å². The van der Waals surface area contributed by atoms with E-state index in [4.69, 9.17) is 11.1 Å². The summed E-state index contributed by atoms with van der Waals surface area (Å²) in [5.74, 6) is 1.38. The van der Waals surface area contributed by atoms with Gasteiger partial charge in [0.2, 0.25) is 7.38 Å². The maximum Gasteiger partial charge on any atom is 0.268 e. The molecule has 4 aromatic carbocycles. The Balaban J connectivity index is 1.97. The lowest BCUT2D eigenvalue weighted by Crippen LogP contribution is -2.71. The summed E-state index contributed by atoms with van der Waals surface area (Å²) in [7, 11) is -3.04. The average molecular weight is 605 g/mol. The van der Waals surface area contributed by atoms with Gasteiger partial charge in [-0.25, -0.2) is 0 Å². The molecular formula is C39H45ClN2Si. The van der Waals surface area contributed by atoms with E-state index in [1.54, 1.807) is 0 Å². The molecule has 0 amide bonds. The molecule has 0 saturated heterocycles. The highest BCUT2D eigenvalue weighted by Crippen LogP contribution is 2.32. The van der Waals surface area contributed by atoms with Gasteiger partial charge in [-0.2, -0.15) is 11.1 Å². The summed E-state index contributed by atoms with van der Waals surface area (Å²) >= 11 is 8.22. The van der Waals surface area contributed by atoms with Crippen LogP contribution in [0.1, 0.15) is 101 Å². The molecule has 0 aliphatic rings. The monoisotopic (exact) mass is 604 g/mol. The van der Waals surface area contributed by atoms with Crippen LogP contribution in [-0.4, -0.2) is 12.0 Å². The van der Waals surface area contributed by atoms with Crippen LogP contribution in [0.4, 0.5) is 0 Å². The molecule has 0 saturated carbocycles. The molecular weight excluding hydrogens is 560 g/mol. The Labute approximate surface area is 264 Å². The Hall–Kier alpha value is -3.40. The Bertz CT molecular complexity index is 1590. The second-order valence-corrected chi connectivity index (χ2v) is 17.6. The molecule has 0 fully saturated rings. The lowest BCUT2D eigenvalue weighted by Gasteiger charge is -2.29. The number of rotatable bonds is 9. The molecule has 0 aliphatic carbocycles. The van der Waals surface area contributed by atoms with Crippen LogP contribution in [0.3, 0.4) is 0 Å². The minimum atomic E-state index is -3.04. The number of halogens is 1. The first-order valence-electron chi connectivity index (χ1n) is 15.7. The van der Waals surface area contributed by atoms with Crippen molar-refractivity contribution < 1.29 is 4.57 Å². The zero-order chi connectivity index (χ0) is 30.9. The van der Waals surface area contributed by atoms with Crippen molar-refractivity contribution in [1.29, 1.82) is 0 Å². The zero-order valence-electron chi connectivity index (χ0n) is 26.9. The van der Waals surface area contributed by atoms with E-state index >= 15 is 0 Å². The molecule has 0 atom stereocenters. The lowest BCUT2D eigenvalue weighted by molar-refractivity contribution is -0.582. The molecule has 43 heavy (non-hydrogen) atoms. The summed E-state index contributed by atoms with van der Waals surface area (Å²) in [4.78, 5) is 0. The first-order valence-corrected chi connectivity index (χ1v) is 18.7. The fourth-order valence-electron chi connectivity index (χ4n) is 6.26. The Kier molecular flexibility index (Phi) is 9.15. The minimum Gasteiger partial charge on any atom is -0.298 e.